The number of rotatable bonds is 11. The zero-order valence-electron chi connectivity index (χ0n) is 18.0. The van der Waals surface area contributed by atoms with Gasteiger partial charge in [0.25, 0.3) is 0 Å². The molecule has 0 aliphatic rings. The number of anilines is 1. The quantitative estimate of drug-likeness (QED) is 0.541. The van der Waals surface area contributed by atoms with Gasteiger partial charge in [-0.25, -0.2) is 0 Å². The molecule has 2 aromatic rings. The van der Waals surface area contributed by atoms with Crippen LogP contribution in [0.15, 0.2) is 30.3 Å². The Hall–Kier alpha value is -3.19. The van der Waals surface area contributed by atoms with E-state index in [0.717, 1.165) is 11.1 Å². The lowest BCUT2D eigenvalue weighted by atomic mass is 10.1. The molecule has 7 nitrogen and oxygen atoms in total. The number of benzene rings is 2. The van der Waals surface area contributed by atoms with Gasteiger partial charge in [0.2, 0.25) is 11.7 Å². The molecule has 162 valence electrons. The number of carbonyl (C=O) groups is 1. The fourth-order valence-corrected chi connectivity index (χ4v) is 2.83. The van der Waals surface area contributed by atoms with E-state index in [1.807, 2.05) is 57.2 Å². The lowest BCUT2D eigenvalue weighted by Crippen LogP contribution is -2.22. The number of amides is 1. The molecule has 2 aromatic carbocycles. The van der Waals surface area contributed by atoms with Gasteiger partial charge >= 0.3 is 0 Å². The summed E-state index contributed by atoms with van der Waals surface area (Å²) in [5.41, 5.74) is 7.74. The average Bonchev–Trinajstić information content (AvgIpc) is 2.75. The molecule has 7 heteroatoms. The van der Waals surface area contributed by atoms with Crippen LogP contribution in [0.1, 0.15) is 31.9 Å². The van der Waals surface area contributed by atoms with Gasteiger partial charge in [0.15, 0.2) is 11.5 Å². The van der Waals surface area contributed by atoms with Crippen LogP contribution in [-0.2, 0) is 4.79 Å². The summed E-state index contributed by atoms with van der Waals surface area (Å²) in [5.74, 6) is 2.15. The molecule has 0 fully saturated rings. The highest BCUT2D eigenvalue weighted by atomic mass is 16.5. The second kappa shape index (κ2) is 11.7. The smallest absolute Gasteiger partial charge is 0.238 e. The van der Waals surface area contributed by atoms with Crippen LogP contribution in [0.3, 0.4) is 0 Å². The molecular weight excluding hydrogens is 384 g/mol. The molecule has 2 rings (SSSR count). The standard InChI is InChI=1S/C23H30N2O5/c1-5-28-20-13-17(14-21(29-6-2)23(20)30-7-3)9-8-16-10-11-19(27-4)18(12-16)25-22(26)15-24/h8-14H,5-7,15,24H2,1-4H3,(H,25,26)/b9-8-. The average molecular weight is 415 g/mol. The summed E-state index contributed by atoms with van der Waals surface area (Å²) in [7, 11) is 1.55. The van der Waals surface area contributed by atoms with Gasteiger partial charge in [0, 0.05) is 0 Å². The molecule has 0 saturated carbocycles. The van der Waals surface area contributed by atoms with Gasteiger partial charge in [-0.15, -0.1) is 0 Å². The fraction of sp³-hybridized carbons (Fsp3) is 0.348. The van der Waals surface area contributed by atoms with Gasteiger partial charge < -0.3 is 30.0 Å². The zero-order chi connectivity index (χ0) is 21.9. The maximum Gasteiger partial charge on any atom is 0.238 e. The van der Waals surface area contributed by atoms with E-state index in [1.165, 1.54) is 0 Å². The zero-order valence-corrected chi connectivity index (χ0v) is 18.0. The SMILES string of the molecule is CCOc1cc(/C=C\c2ccc(OC)c(NC(=O)CN)c2)cc(OCC)c1OCC. The van der Waals surface area contributed by atoms with Crippen molar-refractivity contribution in [3.05, 3.63) is 41.5 Å². The first kappa shape index (κ1) is 23.1. The number of carbonyl (C=O) groups excluding carboxylic acids is 1. The maximum atomic E-state index is 11.7. The maximum absolute atomic E-state index is 11.7. The predicted molar refractivity (Wildman–Crippen MR) is 120 cm³/mol. The summed E-state index contributed by atoms with van der Waals surface area (Å²) in [5, 5.41) is 2.74. The number of nitrogens with two attached hydrogens (primary N) is 1. The Labute approximate surface area is 177 Å². The largest absolute Gasteiger partial charge is 0.495 e. The number of methoxy groups -OCH3 is 1. The van der Waals surface area contributed by atoms with Crippen molar-refractivity contribution in [2.24, 2.45) is 5.73 Å². The Kier molecular flexibility index (Phi) is 9.03. The highest BCUT2D eigenvalue weighted by molar-refractivity contribution is 5.94. The Morgan fingerprint density at radius 1 is 0.900 bits per heavy atom. The first-order chi connectivity index (χ1) is 14.6. The summed E-state index contributed by atoms with van der Waals surface area (Å²) < 4.78 is 22.6. The first-order valence-corrected chi connectivity index (χ1v) is 9.98. The third kappa shape index (κ3) is 6.15. The van der Waals surface area contributed by atoms with Crippen molar-refractivity contribution >= 4 is 23.7 Å². The van der Waals surface area contributed by atoms with E-state index in [-0.39, 0.29) is 12.5 Å². The summed E-state index contributed by atoms with van der Waals surface area (Å²) in [6.45, 7) is 7.21. The Morgan fingerprint density at radius 2 is 1.50 bits per heavy atom. The molecule has 0 saturated heterocycles. The van der Waals surface area contributed by atoms with Crippen LogP contribution in [0.5, 0.6) is 23.0 Å². The topological polar surface area (TPSA) is 92.0 Å². The van der Waals surface area contributed by atoms with Crippen molar-refractivity contribution < 1.29 is 23.7 Å². The number of ether oxygens (including phenoxy) is 4. The minimum atomic E-state index is -0.288. The van der Waals surface area contributed by atoms with Crippen LogP contribution in [0.4, 0.5) is 5.69 Å². The van der Waals surface area contributed by atoms with E-state index in [4.69, 9.17) is 24.7 Å². The first-order valence-electron chi connectivity index (χ1n) is 9.98. The van der Waals surface area contributed by atoms with Gasteiger partial charge in [-0.3, -0.25) is 4.79 Å². The number of nitrogens with one attached hydrogen (secondary N) is 1. The third-order valence-electron chi connectivity index (χ3n) is 4.08. The van der Waals surface area contributed by atoms with Gasteiger partial charge in [-0.1, -0.05) is 18.2 Å². The second-order valence-corrected chi connectivity index (χ2v) is 6.19. The van der Waals surface area contributed by atoms with Crippen LogP contribution in [0.25, 0.3) is 12.2 Å². The van der Waals surface area contributed by atoms with E-state index in [2.05, 4.69) is 5.32 Å². The summed E-state index contributed by atoms with van der Waals surface area (Å²) in [6.07, 6.45) is 3.87. The summed E-state index contributed by atoms with van der Waals surface area (Å²) in [6, 6.07) is 9.34. The van der Waals surface area contributed by atoms with E-state index in [9.17, 15) is 4.79 Å². The molecule has 0 aliphatic carbocycles. The molecular formula is C23H30N2O5. The van der Waals surface area contributed by atoms with Crippen LogP contribution >= 0.6 is 0 Å². The fourth-order valence-electron chi connectivity index (χ4n) is 2.83. The normalized spacial score (nSPS) is 10.7. The molecule has 0 bridgehead atoms. The van der Waals surface area contributed by atoms with Crippen LogP contribution in [0.2, 0.25) is 0 Å². The van der Waals surface area contributed by atoms with Crippen LogP contribution in [0, 0.1) is 0 Å². The monoisotopic (exact) mass is 414 g/mol. The molecule has 0 atom stereocenters. The van der Waals surface area contributed by atoms with Crippen LogP contribution in [-0.4, -0.2) is 39.4 Å². The summed E-state index contributed by atoms with van der Waals surface area (Å²) >= 11 is 0. The molecule has 0 aliphatic heterocycles. The van der Waals surface area contributed by atoms with Gasteiger partial charge in [0.05, 0.1) is 39.2 Å². The van der Waals surface area contributed by atoms with Crippen LogP contribution < -0.4 is 30.0 Å². The van der Waals surface area contributed by atoms with E-state index < -0.39 is 0 Å². The second-order valence-electron chi connectivity index (χ2n) is 6.19. The third-order valence-corrected chi connectivity index (χ3v) is 4.08. The van der Waals surface area contributed by atoms with Crippen molar-refractivity contribution in [3.8, 4) is 23.0 Å². The predicted octanol–water partition coefficient (Wildman–Crippen LogP) is 3.96. The van der Waals surface area contributed by atoms with Gasteiger partial charge in [-0.05, 0) is 56.2 Å². The Balaban J connectivity index is 2.38. The van der Waals surface area contributed by atoms with Crippen molar-refractivity contribution in [2.75, 3.05) is 38.8 Å². The van der Waals surface area contributed by atoms with E-state index in [0.29, 0.717) is 48.5 Å². The van der Waals surface area contributed by atoms with Crippen molar-refractivity contribution in [1.29, 1.82) is 0 Å². The lowest BCUT2D eigenvalue weighted by molar-refractivity contribution is -0.114. The highest BCUT2D eigenvalue weighted by Gasteiger charge is 2.14. The molecule has 30 heavy (non-hydrogen) atoms. The molecule has 0 spiro atoms. The number of hydrogen-bond acceptors (Lipinski definition) is 6. The Morgan fingerprint density at radius 3 is 2.03 bits per heavy atom. The van der Waals surface area contributed by atoms with Crippen molar-refractivity contribution in [1.82, 2.24) is 0 Å². The highest BCUT2D eigenvalue weighted by Crippen LogP contribution is 2.39. The molecule has 0 heterocycles. The molecule has 3 N–H and O–H groups in total. The molecule has 0 unspecified atom stereocenters. The summed E-state index contributed by atoms with van der Waals surface area (Å²) in [4.78, 5) is 11.7. The molecule has 0 radical (unpaired) electrons. The van der Waals surface area contributed by atoms with E-state index >= 15 is 0 Å². The van der Waals surface area contributed by atoms with E-state index in [1.54, 1.807) is 13.2 Å². The van der Waals surface area contributed by atoms with Crippen molar-refractivity contribution in [2.45, 2.75) is 20.8 Å². The van der Waals surface area contributed by atoms with Gasteiger partial charge in [-0.2, -0.15) is 0 Å². The Bertz CT molecular complexity index is 853. The molecule has 0 aromatic heterocycles. The van der Waals surface area contributed by atoms with Gasteiger partial charge in [0.1, 0.15) is 5.75 Å². The minimum absolute atomic E-state index is 0.101. The molecule has 1 amide bonds. The number of hydrogen-bond donors (Lipinski definition) is 2. The minimum Gasteiger partial charge on any atom is -0.495 e. The van der Waals surface area contributed by atoms with Crippen molar-refractivity contribution in [3.63, 3.8) is 0 Å². The lowest BCUT2D eigenvalue weighted by Gasteiger charge is -2.16.